The molecule has 2 heterocycles. The zero-order valence-electron chi connectivity index (χ0n) is 80.3. The van der Waals surface area contributed by atoms with Crippen LogP contribution in [0.25, 0.3) is 10.9 Å². The van der Waals surface area contributed by atoms with E-state index in [1.54, 1.807) is 129 Å². The summed E-state index contributed by atoms with van der Waals surface area (Å²) in [7, 11) is 0. The number of carboxylic acids is 2. The minimum atomic E-state index is -2.11. The number of fused-ring (bicyclic) bond motifs is 1. The van der Waals surface area contributed by atoms with Gasteiger partial charge in [0.25, 0.3) is 0 Å². The number of nitrogens with two attached hydrogens (primary N) is 2. The first-order valence-electron chi connectivity index (χ1n) is 46.3. The fourth-order valence-electron chi connectivity index (χ4n) is 14.9. The zero-order valence-corrected chi connectivity index (χ0v) is 82.0. The number of rotatable bonds is 60. The van der Waals surface area contributed by atoms with Crippen molar-refractivity contribution in [3.8, 4) is 0 Å². The van der Waals surface area contributed by atoms with Gasteiger partial charge in [-0.2, -0.15) is 25.3 Å². The van der Waals surface area contributed by atoms with Crippen LogP contribution in [-0.2, 0) is 126 Å². The Morgan fingerprint density at radius 2 is 0.807 bits per heavy atom. The van der Waals surface area contributed by atoms with Gasteiger partial charge in [-0.15, -0.1) is 0 Å². The molecule has 0 aliphatic carbocycles. The van der Waals surface area contributed by atoms with Crippen LogP contribution in [0.4, 0.5) is 0 Å². The first kappa shape index (κ1) is 119. The molecule has 0 spiro atoms. The van der Waals surface area contributed by atoms with Gasteiger partial charge in [-0.25, -0.2) is 4.79 Å². The number of carbonyl (C=O) groups excluding carboxylic acids is 19. The number of aliphatic hydroxyl groups is 6. The van der Waals surface area contributed by atoms with Crippen LogP contribution in [0.3, 0.4) is 0 Å². The molecule has 1 saturated heterocycles. The number of aromatic amines is 1. The maximum Gasteiger partial charge on any atom is 0.328 e. The van der Waals surface area contributed by atoms with E-state index in [4.69, 9.17) is 11.5 Å². The van der Waals surface area contributed by atoms with E-state index in [-0.39, 0.29) is 57.2 Å². The number of hydrogen-bond donors (Lipinski definition) is 30. The van der Waals surface area contributed by atoms with Crippen LogP contribution >= 0.6 is 25.3 Å². The molecule has 19 atom stereocenters. The van der Waals surface area contributed by atoms with Crippen molar-refractivity contribution in [3.05, 3.63) is 144 Å². The topological polar surface area (TPSA) is 796 Å². The first-order chi connectivity index (χ1) is 68.8. The largest absolute Gasteiger partial charge is 0.481 e. The van der Waals surface area contributed by atoms with Gasteiger partial charge in [0.1, 0.15) is 109 Å². The molecule has 1 fully saturated rings. The predicted molar refractivity (Wildman–Crippen MR) is 522 cm³/mol. The molecule has 145 heavy (non-hydrogen) atoms. The van der Waals surface area contributed by atoms with Gasteiger partial charge in [-0.3, -0.25) is 95.9 Å². The summed E-state index contributed by atoms with van der Waals surface area (Å²) in [6.45, 7) is 2.19. The highest BCUT2D eigenvalue weighted by Crippen LogP contribution is 2.24. The Labute approximate surface area is 843 Å². The van der Waals surface area contributed by atoms with E-state index < -0.39 is 315 Å². The number of nitrogens with zero attached hydrogens (tertiary/aromatic N) is 1. The Morgan fingerprint density at radius 3 is 1.28 bits per heavy atom. The number of aromatic nitrogens is 1. The van der Waals surface area contributed by atoms with Crippen LogP contribution in [0.1, 0.15) is 102 Å². The number of amides is 19. The van der Waals surface area contributed by atoms with Gasteiger partial charge >= 0.3 is 11.9 Å². The molecule has 19 amide bonds. The van der Waals surface area contributed by atoms with Crippen molar-refractivity contribution in [1.29, 1.82) is 0 Å². The number of aliphatic hydroxyl groups excluding tert-OH is 6. The molecular formula is C93H129N21O29S2. The number of carboxylic acid groups (broad SMARTS) is 2. The molecule has 1 aromatic heterocycles. The van der Waals surface area contributed by atoms with Gasteiger partial charge in [-0.1, -0.05) is 137 Å². The van der Waals surface area contributed by atoms with E-state index in [0.717, 1.165) is 18.7 Å². The maximum absolute atomic E-state index is 15.2. The average Bonchev–Trinajstić information content (AvgIpc) is 1.73. The quantitative estimate of drug-likeness (QED) is 0.0161. The number of primary amides is 1. The molecule has 792 valence electrons. The number of H-pyrrole nitrogens is 1. The smallest absolute Gasteiger partial charge is 0.328 e. The van der Waals surface area contributed by atoms with Crippen LogP contribution < -0.4 is 102 Å². The van der Waals surface area contributed by atoms with E-state index in [1.165, 1.54) is 20.0 Å². The Morgan fingerprint density at radius 1 is 0.414 bits per heavy atom. The zero-order chi connectivity index (χ0) is 108. The fraction of sp³-hybridized carbons (Fsp3) is 0.495. The third kappa shape index (κ3) is 38.1. The summed E-state index contributed by atoms with van der Waals surface area (Å²) in [5.41, 5.74) is 13.6. The molecule has 0 saturated carbocycles. The van der Waals surface area contributed by atoms with Crippen molar-refractivity contribution in [3.63, 3.8) is 0 Å². The molecule has 1 aliphatic heterocycles. The summed E-state index contributed by atoms with van der Waals surface area (Å²) >= 11 is 8.36. The molecular weight excluding hydrogens is 1940 g/mol. The Hall–Kier alpha value is -14.3. The summed E-state index contributed by atoms with van der Waals surface area (Å²) in [6.07, 6.45) is -3.66. The van der Waals surface area contributed by atoms with Crippen LogP contribution in [0, 0.1) is 11.8 Å². The molecule has 0 bridgehead atoms. The number of hydrogen-bond acceptors (Lipinski definition) is 30. The summed E-state index contributed by atoms with van der Waals surface area (Å²) in [5.74, 6) is -26.1. The number of benzene rings is 4. The van der Waals surface area contributed by atoms with Crippen LogP contribution in [0.15, 0.2) is 121 Å². The maximum atomic E-state index is 15.2. The highest BCUT2D eigenvalue weighted by Gasteiger charge is 2.44. The third-order valence-corrected chi connectivity index (χ3v) is 23.6. The van der Waals surface area contributed by atoms with Gasteiger partial charge in [0.2, 0.25) is 112 Å². The van der Waals surface area contributed by atoms with E-state index in [9.17, 15) is 132 Å². The van der Waals surface area contributed by atoms with Crippen LogP contribution in [0.2, 0.25) is 0 Å². The number of carbonyl (C=O) groups is 21. The van der Waals surface area contributed by atoms with E-state index >= 15 is 9.59 Å². The molecule has 0 unspecified atom stereocenters. The summed E-state index contributed by atoms with van der Waals surface area (Å²) < 4.78 is 0. The van der Waals surface area contributed by atoms with E-state index in [0.29, 0.717) is 33.2 Å². The molecule has 6 rings (SSSR count). The van der Waals surface area contributed by atoms with Crippen molar-refractivity contribution in [2.45, 2.75) is 221 Å². The SMILES string of the molecule is CC(C)C[C@H](NC(=O)[C@H](CS)NC(=O)[C@H](CC(=O)O)NC(=O)[C@H](CO)NC(=O)[C@H](Cc1ccccc1)NC(=O)CNC(=O)[C@H](Cc1ccccc1)NC(=O)[C@H](CS)NC(=O)[C@@H](N)CO)C(=O)N[C@@H](CO)C(=O)N[C@@H](Cc1c[nH]c2ccccc12)C(=O)N[C@@H](Cc1ccccc1)C(=O)N[C@H](C(=O)N[C@@H](CCC(N)=O)C(=O)N1CCC[C@H]1C(=O)N[C@@H](CO)C(=O)N[C@H](C(=O)N[C@@H](C)C(=O)N[C@@H](CO)C(=O)O)[C@@H](C)O)C(C)C. The Bertz CT molecular complexity index is 5320. The lowest BCUT2D eigenvalue weighted by atomic mass is 9.99. The lowest BCUT2D eigenvalue weighted by Gasteiger charge is -2.31. The molecule has 4 aromatic carbocycles. The second-order valence-electron chi connectivity index (χ2n) is 35.0. The second-order valence-corrected chi connectivity index (χ2v) is 35.8. The lowest BCUT2D eigenvalue weighted by molar-refractivity contribution is -0.144. The molecule has 5 aromatic rings. The minimum absolute atomic E-state index is 0.0736. The van der Waals surface area contributed by atoms with Gasteiger partial charge < -0.3 is 153 Å². The van der Waals surface area contributed by atoms with Crippen molar-refractivity contribution >= 4 is 160 Å². The van der Waals surface area contributed by atoms with Gasteiger partial charge in [0.05, 0.1) is 52.1 Å². The molecule has 52 heteroatoms. The van der Waals surface area contributed by atoms with E-state index in [2.05, 4.69) is 115 Å². The van der Waals surface area contributed by atoms with Crippen molar-refractivity contribution in [2.24, 2.45) is 23.3 Å². The summed E-state index contributed by atoms with van der Waals surface area (Å²) in [5, 5.41) is 121. The van der Waals surface area contributed by atoms with Crippen molar-refractivity contribution in [1.82, 2.24) is 100 Å². The normalized spacial score (nSPS) is 16.0. The fourth-order valence-corrected chi connectivity index (χ4v) is 15.4. The van der Waals surface area contributed by atoms with E-state index in [1.807, 2.05) is 5.32 Å². The van der Waals surface area contributed by atoms with Crippen molar-refractivity contribution < 1.29 is 142 Å². The molecule has 0 radical (unpaired) electrons. The Kier molecular flexibility index (Phi) is 49.2. The predicted octanol–water partition coefficient (Wildman–Crippen LogP) is -9.62. The van der Waals surface area contributed by atoms with Crippen LogP contribution in [0.5, 0.6) is 0 Å². The number of thiol groups is 2. The number of para-hydroxylation sites is 1. The first-order valence-corrected chi connectivity index (χ1v) is 47.6. The number of nitrogens with one attached hydrogen (secondary N) is 18. The van der Waals surface area contributed by atoms with Crippen molar-refractivity contribution in [2.75, 3.05) is 57.6 Å². The number of likely N-dealkylation sites (tertiary alicyclic amines) is 1. The lowest BCUT2D eigenvalue weighted by Crippen LogP contribution is -2.62. The third-order valence-electron chi connectivity index (χ3n) is 22.9. The highest BCUT2D eigenvalue weighted by molar-refractivity contribution is 7.80. The second kappa shape index (κ2) is 59.7. The standard InChI is InChI=1S/C93H129N21O29S2/c1-46(2)31-58(101-88(137)69(45-145)111-82(131)63(36-73(123)124)105-85(134)65(41-117)107-80(129)60(33-51-21-12-8-13-22-51)99-72(122)38-97-78(127)59(32-50-19-10-7-11-20-50)102-87(136)68(44-144)110-77(126)55(94)39-115)79(128)106-64(40-116)84(133)104-62(35-53-37-96-56-26-17-16-25-54(53)56)81(130)103-61(34-52-23-14-9-15-24-52)83(132)112-74(47(3)4)90(139)100-57(28-29-71(95)121)92(141)114-30-18-27-70(114)89(138)108-66(42-118)86(135)113-75(49(6)120)91(140)98-48(5)76(125)109-67(43-119)93(142)143/h7-17,19-26,37,46-49,55,57-70,74-75,96,115-120,144-145H,18,27-36,38-45,94H2,1-6H3,(H2,95,121)(H,97,127)(H,98,140)(H,99,122)(H,100,139)(H,101,137)(H,102,136)(H,103,130)(H,104,133)(H,105,134)(H,106,128)(H,107,129)(H,108,138)(H,109,125)(H,110,126)(H,111,131)(H,112,132)(H,113,135)(H,123,124)(H,142,143)/t48-,49+,55-,57-,58-,59-,60-,61-,62-,63-,64-,65-,66-,67-,68-,69-,70-,74-,75-/m0/s1. The van der Waals surface area contributed by atoms with Crippen LogP contribution in [-0.4, -0.2) is 347 Å². The highest BCUT2D eigenvalue weighted by atomic mass is 32.1. The molecule has 1 aliphatic rings. The van der Waals surface area contributed by atoms with Gasteiger partial charge in [0, 0.05) is 67.3 Å². The molecule has 30 N–H and O–H groups in total. The Balaban J connectivity index is 1.16. The van der Waals surface area contributed by atoms with Gasteiger partial charge in [0.15, 0.2) is 0 Å². The summed E-state index contributed by atoms with van der Waals surface area (Å²) in [6, 6.07) is 0.922. The monoisotopic (exact) mass is 2070 g/mol. The summed E-state index contributed by atoms with van der Waals surface area (Å²) in [4.78, 5) is 293. The van der Waals surface area contributed by atoms with Gasteiger partial charge in [-0.05, 0) is 79.7 Å². The minimum Gasteiger partial charge on any atom is -0.481 e. The molecule has 50 nitrogen and oxygen atoms in total. The average molecular weight is 2070 g/mol. The number of aliphatic carboxylic acids is 2.